The van der Waals surface area contributed by atoms with E-state index in [0.717, 1.165) is 17.4 Å². The minimum atomic E-state index is -3.68. The third kappa shape index (κ3) is 6.13. The fraction of sp³-hybridized carbons (Fsp3) is 0.227. The zero-order valence-electron chi connectivity index (χ0n) is 17.2. The lowest BCUT2D eigenvalue weighted by molar-refractivity contribution is 0.0977. The summed E-state index contributed by atoms with van der Waals surface area (Å²) in [6.45, 7) is 2.88. The number of hydrogen-bond acceptors (Lipinski definition) is 7. The molecule has 0 saturated heterocycles. The molecular formula is C22H22N4O3S2. The first kappa shape index (κ1) is 22.5. The minimum absolute atomic E-state index is 0.0981. The molecule has 0 atom stereocenters. The molecule has 1 aromatic heterocycles. The maximum Gasteiger partial charge on any atom is 0.284 e. The van der Waals surface area contributed by atoms with E-state index in [0.29, 0.717) is 35.1 Å². The van der Waals surface area contributed by atoms with Gasteiger partial charge in [-0.1, -0.05) is 48.5 Å². The molecule has 0 radical (unpaired) electrons. The summed E-state index contributed by atoms with van der Waals surface area (Å²) < 4.78 is 24.8. The lowest BCUT2D eigenvalue weighted by Gasteiger charge is -2.22. The summed E-state index contributed by atoms with van der Waals surface area (Å²) in [5, 5.41) is 9.98. The van der Waals surface area contributed by atoms with Gasteiger partial charge in [-0.15, -0.1) is 11.3 Å². The van der Waals surface area contributed by atoms with Crippen LogP contribution >= 0.6 is 11.3 Å². The van der Waals surface area contributed by atoms with E-state index < -0.39 is 15.9 Å². The van der Waals surface area contributed by atoms with Gasteiger partial charge in [-0.2, -0.15) is 5.26 Å². The number of carbonyl (C=O) groups excluding carboxylic acids is 1. The van der Waals surface area contributed by atoms with Crippen molar-refractivity contribution in [1.82, 2.24) is 9.71 Å². The lowest BCUT2D eigenvalue weighted by Crippen LogP contribution is -2.30. The third-order valence-corrected chi connectivity index (χ3v) is 6.14. The van der Waals surface area contributed by atoms with Gasteiger partial charge in [-0.25, -0.2) is 18.1 Å². The number of nitrogens with one attached hydrogen (secondary N) is 1. The molecule has 9 heteroatoms. The Kier molecular flexibility index (Phi) is 7.05. The normalized spacial score (nSPS) is 11.0. The van der Waals surface area contributed by atoms with Crippen LogP contribution in [0, 0.1) is 18.3 Å². The largest absolute Gasteiger partial charge is 0.343 e. The molecule has 0 fully saturated rings. The maximum absolute atomic E-state index is 12.3. The molecular weight excluding hydrogens is 432 g/mol. The number of anilines is 1. The smallest absolute Gasteiger partial charge is 0.284 e. The maximum atomic E-state index is 12.3. The molecule has 31 heavy (non-hydrogen) atoms. The van der Waals surface area contributed by atoms with Crippen molar-refractivity contribution in [1.29, 1.82) is 5.26 Å². The SMILES string of the molecule is Cc1sc(N(CCc2ccccc2C#N)Cc2ccccc2)nc1C(=O)NS(C)(=O)=O. The molecule has 3 aromatic rings. The molecule has 7 nitrogen and oxygen atoms in total. The van der Waals surface area contributed by atoms with Crippen LogP contribution in [0.1, 0.15) is 32.1 Å². The zero-order chi connectivity index (χ0) is 22.4. The van der Waals surface area contributed by atoms with Gasteiger partial charge in [0, 0.05) is 18.0 Å². The first-order valence-corrected chi connectivity index (χ1v) is 12.2. The highest BCUT2D eigenvalue weighted by Crippen LogP contribution is 2.27. The Bertz CT molecular complexity index is 1220. The number of amides is 1. The summed E-state index contributed by atoms with van der Waals surface area (Å²) >= 11 is 1.34. The van der Waals surface area contributed by atoms with E-state index in [2.05, 4.69) is 11.1 Å². The number of hydrogen-bond donors (Lipinski definition) is 1. The van der Waals surface area contributed by atoms with Crippen LogP contribution in [0.15, 0.2) is 54.6 Å². The number of aromatic nitrogens is 1. The van der Waals surface area contributed by atoms with Crippen LogP contribution in [-0.4, -0.2) is 32.1 Å². The van der Waals surface area contributed by atoms with E-state index in [4.69, 9.17) is 0 Å². The fourth-order valence-corrected chi connectivity index (χ4v) is 4.46. The first-order chi connectivity index (χ1) is 14.8. The van der Waals surface area contributed by atoms with Crippen molar-refractivity contribution in [2.45, 2.75) is 19.9 Å². The van der Waals surface area contributed by atoms with Crippen molar-refractivity contribution < 1.29 is 13.2 Å². The predicted octanol–water partition coefficient (Wildman–Crippen LogP) is 3.26. The number of nitrogens with zero attached hydrogens (tertiary/aromatic N) is 3. The Hall–Kier alpha value is -3.22. The zero-order valence-corrected chi connectivity index (χ0v) is 18.8. The molecule has 3 rings (SSSR count). The van der Waals surface area contributed by atoms with E-state index in [-0.39, 0.29) is 5.69 Å². The molecule has 160 valence electrons. The quantitative estimate of drug-likeness (QED) is 0.560. The second kappa shape index (κ2) is 9.73. The highest BCUT2D eigenvalue weighted by Gasteiger charge is 2.21. The van der Waals surface area contributed by atoms with Gasteiger partial charge in [0.25, 0.3) is 5.91 Å². The van der Waals surface area contributed by atoms with Crippen LogP contribution < -0.4 is 9.62 Å². The Balaban J connectivity index is 1.88. The summed E-state index contributed by atoms with van der Waals surface area (Å²) in [5.74, 6) is -0.739. The van der Waals surface area contributed by atoms with Gasteiger partial charge >= 0.3 is 0 Å². The van der Waals surface area contributed by atoms with Gasteiger partial charge in [0.15, 0.2) is 5.13 Å². The highest BCUT2D eigenvalue weighted by molar-refractivity contribution is 7.89. The summed E-state index contributed by atoms with van der Waals surface area (Å²) in [5.41, 5.74) is 2.74. The molecule has 0 saturated carbocycles. The van der Waals surface area contributed by atoms with Gasteiger partial charge in [-0.05, 0) is 30.5 Å². The van der Waals surface area contributed by atoms with E-state index in [1.165, 1.54) is 11.3 Å². The minimum Gasteiger partial charge on any atom is -0.343 e. The number of sulfonamides is 1. The molecule has 1 amide bonds. The Morgan fingerprint density at radius 2 is 1.84 bits per heavy atom. The number of aryl methyl sites for hydroxylation is 1. The van der Waals surface area contributed by atoms with Crippen LogP contribution in [0.25, 0.3) is 0 Å². The first-order valence-electron chi connectivity index (χ1n) is 9.53. The number of rotatable bonds is 8. The Labute approximate surface area is 186 Å². The molecule has 0 spiro atoms. The Morgan fingerprint density at radius 3 is 2.52 bits per heavy atom. The van der Waals surface area contributed by atoms with Crippen LogP contribution in [0.4, 0.5) is 5.13 Å². The van der Waals surface area contributed by atoms with Crippen LogP contribution in [-0.2, 0) is 23.0 Å². The summed E-state index contributed by atoms with van der Waals surface area (Å²) in [7, 11) is -3.68. The van der Waals surface area contributed by atoms with E-state index in [1.807, 2.05) is 58.2 Å². The monoisotopic (exact) mass is 454 g/mol. The molecule has 0 unspecified atom stereocenters. The molecule has 0 bridgehead atoms. The van der Waals surface area contributed by atoms with Gasteiger partial charge in [-0.3, -0.25) is 4.79 Å². The predicted molar refractivity (Wildman–Crippen MR) is 122 cm³/mol. The number of benzene rings is 2. The lowest BCUT2D eigenvalue weighted by atomic mass is 10.1. The van der Waals surface area contributed by atoms with E-state index in [9.17, 15) is 18.5 Å². The van der Waals surface area contributed by atoms with Crippen molar-refractivity contribution in [3.63, 3.8) is 0 Å². The average Bonchev–Trinajstić information content (AvgIpc) is 3.12. The van der Waals surface area contributed by atoms with Crippen molar-refractivity contribution in [2.24, 2.45) is 0 Å². The third-order valence-electron chi connectivity index (χ3n) is 4.55. The van der Waals surface area contributed by atoms with Gasteiger partial charge in [0.05, 0.1) is 17.9 Å². The second-order valence-electron chi connectivity index (χ2n) is 7.03. The van der Waals surface area contributed by atoms with Crippen molar-refractivity contribution in [3.8, 4) is 6.07 Å². The summed E-state index contributed by atoms with van der Waals surface area (Å²) in [4.78, 5) is 19.5. The van der Waals surface area contributed by atoms with Crippen molar-refractivity contribution >= 4 is 32.4 Å². The summed E-state index contributed by atoms with van der Waals surface area (Å²) in [6.07, 6.45) is 1.56. The second-order valence-corrected chi connectivity index (χ2v) is 9.96. The van der Waals surface area contributed by atoms with Gasteiger partial charge in [0.2, 0.25) is 10.0 Å². The average molecular weight is 455 g/mol. The molecule has 1 heterocycles. The van der Waals surface area contributed by atoms with Crippen molar-refractivity contribution in [2.75, 3.05) is 17.7 Å². The van der Waals surface area contributed by atoms with E-state index >= 15 is 0 Å². The summed E-state index contributed by atoms with van der Waals surface area (Å²) in [6, 6.07) is 19.5. The standard InChI is InChI=1S/C22H22N4O3S2/c1-16-20(21(27)25-31(2,28)29)24-22(30-16)26(15-17-8-4-3-5-9-17)13-12-18-10-6-7-11-19(18)14-23/h3-11H,12-13,15H2,1-2H3,(H,25,27). The van der Waals surface area contributed by atoms with Crippen LogP contribution in [0.2, 0.25) is 0 Å². The molecule has 0 aliphatic carbocycles. The molecule has 2 aromatic carbocycles. The van der Waals surface area contributed by atoms with Crippen LogP contribution in [0.5, 0.6) is 0 Å². The van der Waals surface area contributed by atoms with Gasteiger partial charge in [0.1, 0.15) is 5.69 Å². The number of thiazole rings is 1. The van der Waals surface area contributed by atoms with Gasteiger partial charge < -0.3 is 4.90 Å². The highest BCUT2D eigenvalue weighted by atomic mass is 32.2. The molecule has 1 N–H and O–H groups in total. The van der Waals surface area contributed by atoms with Crippen LogP contribution in [0.3, 0.4) is 0 Å². The fourth-order valence-electron chi connectivity index (χ4n) is 3.09. The molecule has 0 aliphatic heterocycles. The van der Waals surface area contributed by atoms with E-state index in [1.54, 1.807) is 13.0 Å². The Morgan fingerprint density at radius 1 is 1.16 bits per heavy atom. The topological polar surface area (TPSA) is 103 Å². The number of nitriles is 1. The number of carbonyl (C=O) groups is 1. The van der Waals surface area contributed by atoms with Crippen molar-refractivity contribution in [3.05, 3.63) is 81.9 Å². The molecule has 0 aliphatic rings.